The third-order valence-corrected chi connectivity index (χ3v) is 6.18. The van der Waals surface area contributed by atoms with Gasteiger partial charge in [-0.2, -0.15) is 5.26 Å². The van der Waals surface area contributed by atoms with Crippen molar-refractivity contribution in [3.05, 3.63) is 60.3 Å². The molecule has 0 saturated carbocycles. The van der Waals surface area contributed by atoms with Crippen molar-refractivity contribution in [3.63, 3.8) is 0 Å². The smallest absolute Gasteiger partial charge is 0.238 e. The van der Waals surface area contributed by atoms with Gasteiger partial charge in [0.2, 0.25) is 15.7 Å². The number of hydrogen-bond donors (Lipinski definition) is 0. The number of hydrogen-bond acceptors (Lipinski definition) is 6. The summed E-state index contributed by atoms with van der Waals surface area (Å²) in [5.41, 5.74) is 1.13. The number of ether oxygens (including phenoxy) is 1. The zero-order valence-electron chi connectivity index (χ0n) is 15.6. The quantitative estimate of drug-likeness (QED) is 0.530. The fourth-order valence-corrected chi connectivity index (χ4v) is 4.21. The summed E-state index contributed by atoms with van der Waals surface area (Å²) in [5, 5.41) is 8.22. The summed E-state index contributed by atoms with van der Waals surface area (Å²) in [6, 6.07) is 16.9. The molecule has 144 valence electrons. The maximum Gasteiger partial charge on any atom is 0.238 e. The monoisotopic (exact) mass is 395 g/mol. The van der Waals surface area contributed by atoms with E-state index < -0.39 is 15.1 Å². The number of benzene rings is 2. The third-order valence-electron chi connectivity index (χ3n) is 4.30. The van der Waals surface area contributed by atoms with Crippen molar-refractivity contribution in [2.24, 2.45) is 0 Å². The summed E-state index contributed by atoms with van der Waals surface area (Å²) >= 11 is 0. The van der Waals surface area contributed by atoms with E-state index in [0.717, 1.165) is 19.3 Å². The fraction of sp³-hybridized carbons (Fsp3) is 0.286. The zero-order chi connectivity index (χ0) is 20.0. The lowest BCUT2D eigenvalue weighted by molar-refractivity contribution is 0.291. The molecule has 0 unspecified atom stereocenters. The molecule has 0 radical (unpaired) electrons. The van der Waals surface area contributed by atoms with Gasteiger partial charge in [0.15, 0.2) is 5.25 Å². The molecule has 0 N–H and O–H groups in total. The molecule has 0 saturated heterocycles. The molecule has 2 aromatic carbocycles. The van der Waals surface area contributed by atoms with Gasteiger partial charge < -0.3 is 4.74 Å². The van der Waals surface area contributed by atoms with Gasteiger partial charge in [-0.05, 0) is 30.7 Å². The highest BCUT2D eigenvalue weighted by Gasteiger charge is 2.34. The van der Waals surface area contributed by atoms with Crippen molar-refractivity contribution >= 4 is 20.9 Å². The minimum Gasteiger partial charge on any atom is -0.476 e. The Hall–Kier alpha value is -2.98. The van der Waals surface area contributed by atoms with Crippen LogP contribution in [0.15, 0.2) is 59.5 Å². The second-order valence-corrected chi connectivity index (χ2v) is 8.36. The lowest BCUT2D eigenvalue weighted by Crippen LogP contribution is -2.16. The van der Waals surface area contributed by atoms with Crippen LogP contribution < -0.4 is 4.74 Å². The molecule has 0 spiro atoms. The molecule has 6 nitrogen and oxygen atoms in total. The van der Waals surface area contributed by atoms with Gasteiger partial charge in [-0.25, -0.2) is 18.4 Å². The van der Waals surface area contributed by atoms with Crippen molar-refractivity contribution in [1.29, 1.82) is 5.26 Å². The van der Waals surface area contributed by atoms with Crippen LogP contribution in [0.1, 0.15) is 37.1 Å². The summed E-state index contributed by atoms with van der Waals surface area (Å²) < 4.78 is 31.9. The van der Waals surface area contributed by atoms with Crippen LogP contribution in [0.4, 0.5) is 0 Å². The molecule has 1 atom stereocenters. The van der Waals surface area contributed by atoms with Gasteiger partial charge in [-0.3, -0.25) is 0 Å². The van der Waals surface area contributed by atoms with Crippen LogP contribution >= 0.6 is 0 Å². The lowest BCUT2D eigenvalue weighted by atomic mass is 10.2. The van der Waals surface area contributed by atoms with E-state index in [-0.39, 0.29) is 16.5 Å². The molecule has 0 amide bonds. The van der Waals surface area contributed by atoms with E-state index in [4.69, 9.17) is 4.74 Å². The van der Waals surface area contributed by atoms with Gasteiger partial charge in [0.1, 0.15) is 5.69 Å². The van der Waals surface area contributed by atoms with Crippen molar-refractivity contribution < 1.29 is 13.2 Å². The highest BCUT2D eigenvalue weighted by molar-refractivity contribution is 7.92. The van der Waals surface area contributed by atoms with Gasteiger partial charge >= 0.3 is 0 Å². The van der Waals surface area contributed by atoms with Gasteiger partial charge in [0, 0.05) is 0 Å². The highest BCUT2D eigenvalue weighted by Crippen LogP contribution is 2.33. The third kappa shape index (κ3) is 4.12. The standard InChI is InChI=1S/C21H21N3O3S/c1-2-3-9-14-27-21-20(23-17-12-7-8-13-18(17)24-21)19(15-22)28(25,26)16-10-5-4-6-11-16/h4-8,10-13,19H,2-3,9,14H2,1H3/t19-/m0/s1. The second kappa shape index (κ2) is 8.81. The van der Waals surface area contributed by atoms with E-state index >= 15 is 0 Å². The van der Waals surface area contributed by atoms with Gasteiger partial charge in [0.05, 0.1) is 28.6 Å². The first kappa shape index (κ1) is 19.8. The van der Waals surface area contributed by atoms with Crippen molar-refractivity contribution in [2.75, 3.05) is 6.61 Å². The van der Waals surface area contributed by atoms with E-state index in [1.807, 2.05) is 12.1 Å². The van der Waals surface area contributed by atoms with Crippen molar-refractivity contribution in [2.45, 2.75) is 36.3 Å². The number of rotatable bonds is 8. The average molecular weight is 395 g/mol. The molecule has 1 aromatic heterocycles. The predicted molar refractivity (Wildman–Crippen MR) is 107 cm³/mol. The van der Waals surface area contributed by atoms with Gasteiger partial charge in [-0.15, -0.1) is 0 Å². The largest absolute Gasteiger partial charge is 0.476 e. The minimum atomic E-state index is -3.97. The summed E-state index contributed by atoms with van der Waals surface area (Å²) in [6.07, 6.45) is 2.83. The Morgan fingerprint density at radius 1 is 1.00 bits per heavy atom. The molecule has 0 aliphatic heterocycles. The summed E-state index contributed by atoms with van der Waals surface area (Å²) in [4.78, 5) is 8.96. The maximum atomic E-state index is 13.1. The number of aromatic nitrogens is 2. The molecular weight excluding hydrogens is 374 g/mol. The van der Waals surface area contributed by atoms with Crippen LogP contribution in [0.5, 0.6) is 5.88 Å². The first-order valence-corrected chi connectivity index (χ1v) is 10.7. The number of fused-ring (bicyclic) bond motifs is 1. The number of sulfone groups is 1. The fourth-order valence-electron chi connectivity index (χ4n) is 2.82. The van der Waals surface area contributed by atoms with Crippen LogP contribution in [0.2, 0.25) is 0 Å². The Morgan fingerprint density at radius 2 is 1.64 bits per heavy atom. The van der Waals surface area contributed by atoms with E-state index in [9.17, 15) is 13.7 Å². The van der Waals surface area contributed by atoms with E-state index in [1.54, 1.807) is 36.4 Å². The molecule has 7 heteroatoms. The number of nitriles is 1. The molecule has 0 aliphatic carbocycles. The van der Waals surface area contributed by atoms with Crippen LogP contribution in [0, 0.1) is 11.3 Å². The molecular formula is C21H21N3O3S. The second-order valence-electron chi connectivity index (χ2n) is 6.33. The number of para-hydroxylation sites is 2. The Kier molecular flexibility index (Phi) is 6.22. The normalized spacial score (nSPS) is 12.4. The van der Waals surface area contributed by atoms with E-state index in [0.29, 0.717) is 17.6 Å². The highest BCUT2D eigenvalue weighted by atomic mass is 32.2. The molecule has 3 rings (SSSR count). The van der Waals surface area contributed by atoms with Crippen molar-refractivity contribution in [3.8, 4) is 11.9 Å². The molecule has 0 aliphatic rings. The van der Waals surface area contributed by atoms with Crippen molar-refractivity contribution in [1.82, 2.24) is 9.97 Å². The van der Waals surface area contributed by atoms with Crippen LogP contribution in [0.3, 0.4) is 0 Å². The minimum absolute atomic E-state index is 0.0292. The Labute approximate surface area is 164 Å². The zero-order valence-corrected chi connectivity index (χ0v) is 16.4. The van der Waals surface area contributed by atoms with Gasteiger partial charge in [-0.1, -0.05) is 50.1 Å². The van der Waals surface area contributed by atoms with Crippen LogP contribution in [-0.4, -0.2) is 25.0 Å². The maximum absolute atomic E-state index is 13.1. The SMILES string of the molecule is CCCCCOc1nc2ccccc2nc1[C@H](C#N)S(=O)(=O)c1ccccc1. The molecule has 0 bridgehead atoms. The molecule has 3 aromatic rings. The Balaban J connectivity index is 2.09. The summed E-state index contributed by atoms with van der Waals surface area (Å²) in [7, 11) is -3.97. The average Bonchev–Trinajstić information content (AvgIpc) is 2.72. The summed E-state index contributed by atoms with van der Waals surface area (Å²) in [5.74, 6) is 0.0980. The first-order chi connectivity index (χ1) is 13.6. The summed E-state index contributed by atoms with van der Waals surface area (Å²) in [6.45, 7) is 2.47. The van der Waals surface area contributed by atoms with Crippen LogP contribution in [-0.2, 0) is 9.84 Å². The van der Waals surface area contributed by atoms with E-state index in [1.165, 1.54) is 12.1 Å². The molecule has 0 fully saturated rings. The Morgan fingerprint density at radius 3 is 2.29 bits per heavy atom. The lowest BCUT2D eigenvalue weighted by Gasteiger charge is -2.15. The number of nitrogens with zero attached hydrogens (tertiary/aromatic N) is 3. The predicted octanol–water partition coefficient (Wildman–Crippen LogP) is 4.24. The molecule has 1 heterocycles. The first-order valence-electron chi connectivity index (χ1n) is 9.16. The van der Waals surface area contributed by atoms with E-state index in [2.05, 4.69) is 16.9 Å². The number of unbranched alkanes of at least 4 members (excludes halogenated alkanes) is 2. The topological polar surface area (TPSA) is 92.9 Å². The molecule has 28 heavy (non-hydrogen) atoms. The van der Waals surface area contributed by atoms with Crippen LogP contribution in [0.25, 0.3) is 11.0 Å². The Bertz CT molecular complexity index is 1090. The van der Waals surface area contributed by atoms with Gasteiger partial charge in [0.25, 0.3) is 0 Å².